The van der Waals surface area contributed by atoms with Crippen LogP contribution in [0.1, 0.15) is 26.7 Å². The summed E-state index contributed by atoms with van der Waals surface area (Å²) < 4.78 is 1.77. The molecule has 0 amide bonds. The van der Waals surface area contributed by atoms with Crippen LogP contribution in [0.3, 0.4) is 0 Å². The van der Waals surface area contributed by atoms with Crippen molar-refractivity contribution < 1.29 is 0 Å². The van der Waals surface area contributed by atoms with Crippen molar-refractivity contribution >= 4 is 28.3 Å². The summed E-state index contributed by atoms with van der Waals surface area (Å²) in [5.74, 6) is 0. The van der Waals surface area contributed by atoms with Crippen molar-refractivity contribution in [3.05, 3.63) is 29.7 Å². The highest BCUT2D eigenvalue weighted by Crippen LogP contribution is 2.38. The first kappa shape index (κ1) is 15.9. The van der Waals surface area contributed by atoms with Crippen LogP contribution in [-0.4, -0.2) is 32.8 Å². The van der Waals surface area contributed by atoms with Crippen molar-refractivity contribution in [2.45, 2.75) is 26.7 Å². The van der Waals surface area contributed by atoms with E-state index in [1.807, 2.05) is 25.6 Å². The van der Waals surface area contributed by atoms with Crippen molar-refractivity contribution in [1.29, 1.82) is 0 Å². The minimum atomic E-state index is 0.716. The van der Waals surface area contributed by atoms with Crippen molar-refractivity contribution in [3.8, 4) is 11.3 Å². The van der Waals surface area contributed by atoms with Gasteiger partial charge in [-0.05, 0) is 18.9 Å². The minimum absolute atomic E-state index is 0.716. The first-order valence-electron chi connectivity index (χ1n) is 8.05. The molecular formula is C17H22ClN5. The number of anilines is 1. The van der Waals surface area contributed by atoms with E-state index in [2.05, 4.69) is 39.9 Å². The lowest BCUT2D eigenvalue weighted by molar-refractivity contribution is 0.747. The second-order valence-corrected chi connectivity index (χ2v) is 6.14. The summed E-state index contributed by atoms with van der Waals surface area (Å²) in [5.41, 5.74) is 3.82. The Morgan fingerprint density at radius 3 is 2.61 bits per heavy atom. The normalized spacial score (nSPS) is 11.3. The lowest BCUT2D eigenvalue weighted by Crippen LogP contribution is -2.25. The molecule has 0 bridgehead atoms. The number of pyridine rings is 1. The molecule has 0 saturated heterocycles. The van der Waals surface area contributed by atoms with Crippen molar-refractivity contribution in [2.24, 2.45) is 7.05 Å². The number of hydrogen-bond acceptors (Lipinski definition) is 3. The Morgan fingerprint density at radius 1 is 1.26 bits per heavy atom. The molecule has 0 aliphatic carbocycles. The minimum Gasteiger partial charge on any atom is -0.371 e. The molecule has 3 heterocycles. The average Bonchev–Trinajstić information content (AvgIpc) is 3.11. The van der Waals surface area contributed by atoms with E-state index in [-0.39, 0.29) is 0 Å². The zero-order valence-corrected chi connectivity index (χ0v) is 14.6. The average molecular weight is 332 g/mol. The number of nitrogens with one attached hydrogen (secondary N) is 1. The fourth-order valence-electron chi connectivity index (χ4n) is 2.97. The van der Waals surface area contributed by atoms with Crippen LogP contribution in [0.25, 0.3) is 22.3 Å². The lowest BCUT2D eigenvalue weighted by Gasteiger charge is -2.24. The van der Waals surface area contributed by atoms with Gasteiger partial charge in [0.25, 0.3) is 0 Å². The molecule has 0 spiro atoms. The summed E-state index contributed by atoms with van der Waals surface area (Å²) in [6.45, 7) is 6.41. The van der Waals surface area contributed by atoms with E-state index < -0.39 is 0 Å². The Kier molecular flexibility index (Phi) is 4.57. The summed E-state index contributed by atoms with van der Waals surface area (Å²) in [7, 11) is 1.90. The number of aryl methyl sites for hydroxylation is 1. The number of fused-ring (bicyclic) bond motifs is 1. The predicted octanol–water partition coefficient (Wildman–Crippen LogP) is 4.24. The maximum absolute atomic E-state index is 6.72. The molecule has 0 radical (unpaired) electrons. The number of H-pyrrole nitrogens is 1. The third-order valence-corrected chi connectivity index (χ3v) is 4.31. The van der Waals surface area contributed by atoms with E-state index in [1.54, 1.807) is 4.68 Å². The maximum atomic E-state index is 6.72. The number of nitrogens with zero attached hydrogens (tertiary/aromatic N) is 4. The third kappa shape index (κ3) is 2.93. The molecule has 0 fully saturated rings. The topological polar surface area (TPSA) is 49.7 Å². The number of hydrogen-bond donors (Lipinski definition) is 1. The van der Waals surface area contributed by atoms with Gasteiger partial charge in [0.05, 0.1) is 28.0 Å². The van der Waals surface area contributed by atoms with Crippen LogP contribution < -0.4 is 4.90 Å². The molecule has 5 nitrogen and oxygen atoms in total. The maximum Gasteiger partial charge on any atom is 0.141 e. The Balaban J connectivity index is 2.15. The summed E-state index contributed by atoms with van der Waals surface area (Å²) >= 11 is 6.72. The first-order valence-corrected chi connectivity index (χ1v) is 8.43. The molecule has 0 aliphatic heterocycles. The first-order chi connectivity index (χ1) is 11.2. The molecule has 3 rings (SSSR count). The van der Waals surface area contributed by atoms with Crippen molar-refractivity contribution in [2.75, 3.05) is 18.0 Å². The van der Waals surface area contributed by atoms with Gasteiger partial charge in [-0.25, -0.2) is 4.98 Å². The SMILES string of the molecule is CCCN(CCC)c1ccnc2[nH]c(-c3cnn(C)c3)c(Cl)c12. The molecule has 23 heavy (non-hydrogen) atoms. The number of aromatic amines is 1. The van der Waals surface area contributed by atoms with Crippen LogP contribution in [0.5, 0.6) is 0 Å². The molecule has 0 aromatic carbocycles. The van der Waals surface area contributed by atoms with Gasteiger partial charge in [-0.3, -0.25) is 4.68 Å². The van der Waals surface area contributed by atoms with E-state index in [1.165, 1.54) is 0 Å². The number of rotatable bonds is 6. The van der Waals surface area contributed by atoms with Gasteiger partial charge < -0.3 is 9.88 Å². The molecule has 1 N–H and O–H groups in total. The molecular weight excluding hydrogens is 310 g/mol. The summed E-state index contributed by atoms with van der Waals surface area (Å²) in [6, 6.07) is 2.06. The molecule has 0 atom stereocenters. The van der Waals surface area contributed by atoms with Gasteiger partial charge >= 0.3 is 0 Å². The van der Waals surface area contributed by atoms with Crippen LogP contribution in [-0.2, 0) is 7.05 Å². The quantitative estimate of drug-likeness (QED) is 0.734. The fourth-order valence-corrected chi connectivity index (χ4v) is 3.31. The van der Waals surface area contributed by atoms with Gasteiger partial charge in [0, 0.05) is 38.1 Å². The molecule has 122 valence electrons. The molecule has 3 aromatic rings. The van der Waals surface area contributed by atoms with Crippen LogP contribution in [0.2, 0.25) is 5.02 Å². The van der Waals surface area contributed by atoms with Gasteiger partial charge in [0.1, 0.15) is 5.65 Å². The van der Waals surface area contributed by atoms with E-state index in [9.17, 15) is 0 Å². The summed E-state index contributed by atoms with van der Waals surface area (Å²) in [6.07, 6.45) is 7.80. The number of aromatic nitrogens is 4. The third-order valence-electron chi connectivity index (χ3n) is 3.93. The summed E-state index contributed by atoms with van der Waals surface area (Å²) in [5, 5.41) is 5.94. The molecule has 0 aliphatic rings. The molecule has 6 heteroatoms. The molecule has 0 unspecified atom stereocenters. The predicted molar refractivity (Wildman–Crippen MR) is 96.1 cm³/mol. The van der Waals surface area contributed by atoms with E-state index in [0.717, 1.165) is 53.9 Å². The monoisotopic (exact) mass is 331 g/mol. The van der Waals surface area contributed by atoms with Crippen LogP contribution >= 0.6 is 11.6 Å². The highest BCUT2D eigenvalue weighted by molar-refractivity contribution is 6.39. The van der Waals surface area contributed by atoms with E-state index in [0.29, 0.717) is 5.02 Å². The van der Waals surface area contributed by atoms with Crippen molar-refractivity contribution in [3.63, 3.8) is 0 Å². The summed E-state index contributed by atoms with van der Waals surface area (Å²) in [4.78, 5) is 10.2. The number of halogens is 1. The highest BCUT2D eigenvalue weighted by atomic mass is 35.5. The molecule has 0 saturated carbocycles. The standard InChI is InChI=1S/C17H22ClN5/c1-4-8-23(9-5-2)13-6-7-19-17-14(13)15(18)16(21-17)12-10-20-22(3)11-12/h6-7,10-11H,4-5,8-9H2,1-3H3,(H,19,21). The smallest absolute Gasteiger partial charge is 0.141 e. The Labute approximate surface area is 141 Å². The van der Waals surface area contributed by atoms with E-state index >= 15 is 0 Å². The van der Waals surface area contributed by atoms with Crippen LogP contribution in [0, 0.1) is 0 Å². The second-order valence-electron chi connectivity index (χ2n) is 5.76. The fraction of sp³-hybridized carbons (Fsp3) is 0.412. The second kappa shape index (κ2) is 6.62. The Hall–Kier alpha value is -2.01. The zero-order chi connectivity index (χ0) is 16.4. The van der Waals surface area contributed by atoms with E-state index in [4.69, 9.17) is 11.6 Å². The zero-order valence-electron chi connectivity index (χ0n) is 13.8. The van der Waals surface area contributed by atoms with Gasteiger partial charge in [0.15, 0.2) is 0 Å². The Bertz CT molecular complexity index is 799. The van der Waals surface area contributed by atoms with Gasteiger partial charge in [-0.1, -0.05) is 25.4 Å². The highest BCUT2D eigenvalue weighted by Gasteiger charge is 2.19. The van der Waals surface area contributed by atoms with Gasteiger partial charge in [0.2, 0.25) is 0 Å². The van der Waals surface area contributed by atoms with Crippen molar-refractivity contribution in [1.82, 2.24) is 19.7 Å². The Morgan fingerprint density at radius 2 is 2.00 bits per heavy atom. The van der Waals surface area contributed by atoms with Gasteiger partial charge in [-0.15, -0.1) is 0 Å². The van der Waals surface area contributed by atoms with Crippen LogP contribution in [0.4, 0.5) is 5.69 Å². The largest absolute Gasteiger partial charge is 0.371 e. The lowest BCUT2D eigenvalue weighted by atomic mass is 10.2. The van der Waals surface area contributed by atoms with Gasteiger partial charge in [-0.2, -0.15) is 5.10 Å². The van der Waals surface area contributed by atoms with Crippen LogP contribution in [0.15, 0.2) is 24.7 Å². The molecule has 3 aromatic heterocycles.